The molecular weight excluding hydrogens is 346 g/mol. The van der Waals surface area contributed by atoms with E-state index >= 15 is 0 Å². The second-order valence-electron chi connectivity index (χ2n) is 6.19. The number of amides is 2. The quantitative estimate of drug-likeness (QED) is 0.779. The molecule has 0 radical (unpaired) electrons. The molecule has 7 heteroatoms. The smallest absolute Gasteiger partial charge is 0.326 e. The zero-order valence-electron chi connectivity index (χ0n) is 15.6. The van der Waals surface area contributed by atoms with Crippen molar-refractivity contribution in [3.05, 3.63) is 53.7 Å². The van der Waals surface area contributed by atoms with Gasteiger partial charge in [0, 0.05) is 37.3 Å². The first-order chi connectivity index (χ1) is 12.8. The number of rotatable bonds is 7. The number of carboxylic acid groups (broad SMARTS) is 1. The van der Waals surface area contributed by atoms with E-state index in [1.165, 1.54) is 18.7 Å². The molecule has 1 unspecified atom stereocenters. The van der Waals surface area contributed by atoms with E-state index in [0.717, 1.165) is 16.8 Å². The Morgan fingerprint density at radius 2 is 1.93 bits per heavy atom. The summed E-state index contributed by atoms with van der Waals surface area (Å²) in [4.78, 5) is 41.2. The fourth-order valence-corrected chi connectivity index (χ4v) is 2.78. The molecule has 0 fully saturated rings. The third-order valence-corrected chi connectivity index (χ3v) is 4.32. The SMILES string of the molecule is CC(=O)NCCN(C(=O)c1cccc(-c2ccccn2)c1C)C(C)C(=O)O. The van der Waals surface area contributed by atoms with Crippen molar-refractivity contribution in [2.75, 3.05) is 13.1 Å². The number of carbonyl (C=O) groups excluding carboxylic acids is 2. The Morgan fingerprint density at radius 3 is 2.52 bits per heavy atom. The van der Waals surface area contributed by atoms with Gasteiger partial charge in [-0.3, -0.25) is 14.6 Å². The van der Waals surface area contributed by atoms with Gasteiger partial charge in [0.25, 0.3) is 5.91 Å². The van der Waals surface area contributed by atoms with Crippen molar-refractivity contribution in [3.63, 3.8) is 0 Å². The lowest BCUT2D eigenvalue weighted by Crippen LogP contribution is -2.47. The van der Waals surface area contributed by atoms with Gasteiger partial charge >= 0.3 is 5.97 Å². The van der Waals surface area contributed by atoms with Gasteiger partial charge in [-0.05, 0) is 37.6 Å². The van der Waals surface area contributed by atoms with Crippen LogP contribution in [-0.4, -0.2) is 51.9 Å². The monoisotopic (exact) mass is 369 g/mol. The van der Waals surface area contributed by atoms with Crippen molar-refractivity contribution in [1.29, 1.82) is 0 Å². The van der Waals surface area contributed by atoms with Crippen LogP contribution < -0.4 is 5.32 Å². The van der Waals surface area contributed by atoms with Gasteiger partial charge in [0.15, 0.2) is 0 Å². The van der Waals surface area contributed by atoms with Crippen molar-refractivity contribution in [1.82, 2.24) is 15.2 Å². The maximum atomic E-state index is 13.1. The molecule has 142 valence electrons. The summed E-state index contributed by atoms with van der Waals surface area (Å²) in [7, 11) is 0. The topological polar surface area (TPSA) is 99.6 Å². The zero-order chi connectivity index (χ0) is 20.0. The molecule has 1 atom stereocenters. The zero-order valence-corrected chi connectivity index (χ0v) is 15.6. The second-order valence-corrected chi connectivity index (χ2v) is 6.19. The minimum Gasteiger partial charge on any atom is -0.480 e. The van der Waals surface area contributed by atoms with Crippen molar-refractivity contribution in [2.24, 2.45) is 0 Å². The van der Waals surface area contributed by atoms with Crippen LogP contribution in [0.1, 0.15) is 29.8 Å². The lowest BCUT2D eigenvalue weighted by Gasteiger charge is -2.27. The Balaban J connectivity index is 2.36. The van der Waals surface area contributed by atoms with Crippen LogP contribution in [0.5, 0.6) is 0 Å². The predicted molar refractivity (Wildman–Crippen MR) is 101 cm³/mol. The highest BCUT2D eigenvalue weighted by Crippen LogP contribution is 2.25. The van der Waals surface area contributed by atoms with Crippen molar-refractivity contribution < 1.29 is 19.5 Å². The van der Waals surface area contributed by atoms with Crippen molar-refractivity contribution in [2.45, 2.75) is 26.8 Å². The molecule has 1 aromatic heterocycles. The van der Waals surface area contributed by atoms with Gasteiger partial charge in [0.1, 0.15) is 6.04 Å². The minimum atomic E-state index is -1.11. The highest BCUT2D eigenvalue weighted by molar-refractivity contribution is 5.99. The first-order valence-electron chi connectivity index (χ1n) is 8.62. The van der Waals surface area contributed by atoms with Crippen LogP contribution >= 0.6 is 0 Å². The first-order valence-corrected chi connectivity index (χ1v) is 8.62. The predicted octanol–water partition coefficient (Wildman–Crippen LogP) is 2.11. The maximum absolute atomic E-state index is 13.1. The normalized spacial score (nSPS) is 11.5. The standard InChI is InChI=1S/C20H23N3O4/c1-13-16(18-9-4-5-10-22-18)7-6-8-17(13)19(25)23(14(2)20(26)27)12-11-21-15(3)24/h4-10,14H,11-12H2,1-3H3,(H,21,24)(H,26,27). The van der Waals surface area contributed by atoms with E-state index in [1.54, 1.807) is 18.3 Å². The van der Waals surface area contributed by atoms with Gasteiger partial charge < -0.3 is 15.3 Å². The average Bonchev–Trinajstić information content (AvgIpc) is 2.65. The number of benzene rings is 1. The number of hydrogen-bond acceptors (Lipinski definition) is 4. The first kappa shape index (κ1) is 20.1. The summed E-state index contributed by atoms with van der Waals surface area (Å²) >= 11 is 0. The van der Waals surface area contributed by atoms with E-state index in [-0.39, 0.29) is 19.0 Å². The summed E-state index contributed by atoms with van der Waals surface area (Å²) < 4.78 is 0. The number of aliphatic carboxylic acids is 1. The average molecular weight is 369 g/mol. The Hall–Kier alpha value is -3.22. The fraction of sp³-hybridized carbons (Fsp3) is 0.300. The largest absolute Gasteiger partial charge is 0.480 e. The number of carbonyl (C=O) groups is 3. The lowest BCUT2D eigenvalue weighted by atomic mass is 9.98. The summed E-state index contributed by atoms with van der Waals surface area (Å²) in [6.45, 7) is 4.91. The minimum absolute atomic E-state index is 0.0964. The molecule has 2 aromatic rings. The third-order valence-electron chi connectivity index (χ3n) is 4.32. The Labute approximate surface area is 158 Å². The number of pyridine rings is 1. The van der Waals surface area contributed by atoms with Gasteiger partial charge in [-0.15, -0.1) is 0 Å². The number of nitrogens with one attached hydrogen (secondary N) is 1. The Kier molecular flexibility index (Phi) is 6.65. The van der Waals surface area contributed by atoms with E-state index in [2.05, 4.69) is 10.3 Å². The molecule has 0 spiro atoms. The molecule has 2 rings (SSSR count). The van der Waals surface area contributed by atoms with Gasteiger partial charge in [-0.1, -0.05) is 18.2 Å². The fourth-order valence-electron chi connectivity index (χ4n) is 2.78. The highest BCUT2D eigenvalue weighted by Gasteiger charge is 2.27. The summed E-state index contributed by atoms with van der Waals surface area (Å²) in [6, 6.07) is 9.80. The van der Waals surface area contributed by atoms with Crippen molar-refractivity contribution in [3.8, 4) is 11.3 Å². The summed E-state index contributed by atoms with van der Waals surface area (Å²) in [5.41, 5.74) is 2.68. The molecule has 0 aliphatic heterocycles. The van der Waals surface area contributed by atoms with Gasteiger partial charge in [-0.2, -0.15) is 0 Å². The van der Waals surface area contributed by atoms with Crippen LogP contribution in [0.3, 0.4) is 0 Å². The molecular formula is C20H23N3O4. The molecule has 27 heavy (non-hydrogen) atoms. The Bertz CT molecular complexity index is 836. The number of carboxylic acids is 1. The van der Waals surface area contributed by atoms with Crippen molar-refractivity contribution >= 4 is 17.8 Å². The lowest BCUT2D eigenvalue weighted by molar-refractivity contribution is -0.141. The van der Waals surface area contributed by atoms with E-state index in [4.69, 9.17) is 0 Å². The number of nitrogens with zero attached hydrogens (tertiary/aromatic N) is 2. The third kappa shape index (κ3) is 4.91. The number of aromatic nitrogens is 1. The van der Waals surface area contributed by atoms with E-state index < -0.39 is 17.9 Å². The van der Waals surface area contributed by atoms with Gasteiger partial charge in [0.2, 0.25) is 5.91 Å². The molecule has 1 heterocycles. The van der Waals surface area contributed by atoms with Crippen LogP contribution in [-0.2, 0) is 9.59 Å². The molecule has 0 bridgehead atoms. The Morgan fingerprint density at radius 1 is 1.19 bits per heavy atom. The van der Waals surface area contributed by atoms with Gasteiger partial charge in [0.05, 0.1) is 5.69 Å². The van der Waals surface area contributed by atoms with E-state index in [1.807, 2.05) is 31.2 Å². The van der Waals surface area contributed by atoms with Crippen LogP contribution in [0, 0.1) is 6.92 Å². The molecule has 2 N–H and O–H groups in total. The highest BCUT2D eigenvalue weighted by atomic mass is 16.4. The van der Waals surface area contributed by atoms with Crippen LogP contribution in [0.15, 0.2) is 42.6 Å². The number of hydrogen-bond donors (Lipinski definition) is 2. The van der Waals surface area contributed by atoms with E-state index in [9.17, 15) is 19.5 Å². The molecule has 7 nitrogen and oxygen atoms in total. The van der Waals surface area contributed by atoms with Crippen LogP contribution in [0.4, 0.5) is 0 Å². The molecule has 0 aliphatic rings. The van der Waals surface area contributed by atoms with Crippen LogP contribution in [0.25, 0.3) is 11.3 Å². The molecule has 1 aromatic carbocycles. The van der Waals surface area contributed by atoms with Crippen LogP contribution in [0.2, 0.25) is 0 Å². The summed E-state index contributed by atoms with van der Waals surface area (Å²) in [5.74, 6) is -1.74. The molecule has 0 saturated carbocycles. The summed E-state index contributed by atoms with van der Waals surface area (Å²) in [5, 5.41) is 12.0. The molecule has 0 saturated heterocycles. The molecule has 0 aliphatic carbocycles. The summed E-state index contributed by atoms with van der Waals surface area (Å²) in [6.07, 6.45) is 1.68. The second kappa shape index (κ2) is 8.93. The van der Waals surface area contributed by atoms with E-state index in [0.29, 0.717) is 5.56 Å². The van der Waals surface area contributed by atoms with Gasteiger partial charge in [-0.25, -0.2) is 4.79 Å². The molecule has 2 amide bonds. The maximum Gasteiger partial charge on any atom is 0.326 e.